The summed E-state index contributed by atoms with van der Waals surface area (Å²) >= 11 is 1.40. The van der Waals surface area contributed by atoms with E-state index in [1.807, 2.05) is 11.4 Å². The quantitative estimate of drug-likeness (QED) is 0.515. The number of thiophene rings is 1. The van der Waals surface area contributed by atoms with E-state index in [4.69, 9.17) is 4.42 Å². The fourth-order valence-electron chi connectivity index (χ4n) is 3.61. The van der Waals surface area contributed by atoms with Crippen molar-refractivity contribution in [2.45, 2.75) is 25.4 Å². The number of nitrogens with zero attached hydrogens (tertiary/aromatic N) is 1. The van der Waals surface area contributed by atoms with Gasteiger partial charge in [-0.15, -0.1) is 11.3 Å². The Labute approximate surface area is 188 Å². The Hall–Kier alpha value is -3.43. The third kappa shape index (κ3) is 4.58. The Balaban J connectivity index is 1.40. The van der Waals surface area contributed by atoms with Gasteiger partial charge in [-0.25, -0.2) is 0 Å². The van der Waals surface area contributed by atoms with E-state index in [9.17, 15) is 19.5 Å². The molecule has 3 aromatic rings. The molecule has 8 nitrogen and oxygen atoms in total. The second-order valence-electron chi connectivity index (χ2n) is 7.77. The zero-order valence-electron chi connectivity index (χ0n) is 17.5. The molecule has 0 saturated heterocycles. The number of amides is 3. The van der Waals surface area contributed by atoms with E-state index in [1.165, 1.54) is 24.5 Å². The molecule has 9 heteroatoms. The van der Waals surface area contributed by atoms with Gasteiger partial charge < -0.3 is 25.1 Å². The van der Waals surface area contributed by atoms with E-state index in [-0.39, 0.29) is 18.2 Å². The third-order valence-corrected chi connectivity index (χ3v) is 6.14. The molecule has 166 valence electrons. The summed E-state index contributed by atoms with van der Waals surface area (Å²) in [6.45, 7) is 1.93. The summed E-state index contributed by atoms with van der Waals surface area (Å²) in [5, 5.41) is 17.3. The standard InChI is InChI=1S/C23H23N3O5S/c1-23(30,19-7-3-11-31-19)14-24-20(27)21(28)25-16-8-9-17-15(13-16)5-2-10-26(17)22(29)18-6-4-12-32-18/h3-4,6-9,11-13,30H,2,5,10,14H2,1H3,(H,24,27)(H,25,28)/t23-/m1/s1. The van der Waals surface area contributed by atoms with Crippen LogP contribution in [-0.2, 0) is 21.6 Å². The number of carbonyl (C=O) groups excluding carboxylic acids is 3. The lowest BCUT2D eigenvalue weighted by Crippen LogP contribution is -2.43. The maximum atomic E-state index is 12.8. The summed E-state index contributed by atoms with van der Waals surface area (Å²) < 4.78 is 5.16. The number of fused-ring (bicyclic) bond motifs is 1. The van der Waals surface area contributed by atoms with Gasteiger partial charge in [-0.3, -0.25) is 14.4 Å². The summed E-state index contributed by atoms with van der Waals surface area (Å²) in [4.78, 5) is 39.8. The minimum Gasteiger partial charge on any atom is -0.466 e. The van der Waals surface area contributed by atoms with Gasteiger partial charge in [0.25, 0.3) is 5.91 Å². The summed E-state index contributed by atoms with van der Waals surface area (Å²) in [5.74, 6) is -1.47. The predicted octanol–water partition coefficient (Wildman–Crippen LogP) is 2.90. The van der Waals surface area contributed by atoms with Crippen LogP contribution in [0.1, 0.15) is 34.3 Å². The molecule has 0 unspecified atom stereocenters. The topological polar surface area (TPSA) is 112 Å². The summed E-state index contributed by atoms with van der Waals surface area (Å²) in [6.07, 6.45) is 3.00. The number of anilines is 2. The second-order valence-corrected chi connectivity index (χ2v) is 8.72. The first-order valence-corrected chi connectivity index (χ1v) is 11.1. The van der Waals surface area contributed by atoms with Crippen molar-refractivity contribution in [3.05, 3.63) is 70.3 Å². The van der Waals surface area contributed by atoms with E-state index in [0.717, 1.165) is 24.1 Å². The normalized spacial score (nSPS) is 14.9. The van der Waals surface area contributed by atoms with Crippen molar-refractivity contribution in [3.8, 4) is 0 Å². The Morgan fingerprint density at radius 2 is 2.03 bits per heavy atom. The van der Waals surface area contributed by atoms with Crippen molar-refractivity contribution in [1.82, 2.24) is 5.32 Å². The number of benzene rings is 1. The largest absolute Gasteiger partial charge is 0.466 e. The lowest BCUT2D eigenvalue weighted by molar-refractivity contribution is -0.136. The van der Waals surface area contributed by atoms with Crippen molar-refractivity contribution in [2.24, 2.45) is 0 Å². The van der Waals surface area contributed by atoms with Gasteiger partial charge in [-0.05, 0) is 67.1 Å². The number of aryl methyl sites for hydroxylation is 1. The highest BCUT2D eigenvalue weighted by Crippen LogP contribution is 2.31. The highest BCUT2D eigenvalue weighted by Gasteiger charge is 2.28. The highest BCUT2D eigenvalue weighted by atomic mass is 32.1. The maximum absolute atomic E-state index is 12.8. The molecule has 2 aromatic heterocycles. The van der Waals surface area contributed by atoms with Crippen LogP contribution in [0.15, 0.2) is 58.5 Å². The van der Waals surface area contributed by atoms with Gasteiger partial charge in [-0.2, -0.15) is 0 Å². The Morgan fingerprint density at radius 3 is 2.75 bits per heavy atom. The average molecular weight is 454 g/mol. The molecule has 1 aromatic carbocycles. The molecular formula is C23H23N3O5S. The van der Waals surface area contributed by atoms with Crippen molar-refractivity contribution in [1.29, 1.82) is 0 Å². The number of hydrogen-bond acceptors (Lipinski definition) is 6. The van der Waals surface area contributed by atoms with Gasteiger partial charge in [0.2, 0.25) is 0 Å². The molecule has 0 fully saturated rings. The van der Waals surface area contributed by atoms with Crippen LogP contribution in [0.25, 0.3) is 0 Å². The number of furan rings is 1. The zero-order chi connectivity index (χ0) is 22.7. The highest BCUT2D eigenvalue weighted by molar-refractivity contribution is 7.12. The van der Waals surface area contributed by atoms with Gasteiger partial charge in [0.1, 0.15) is 11.4 Å². The maximum Gasteiger partial charge on any atom is 0.313 e. The molecular weight excluding hydrogens is 430 g/mol. The first-order chi connectivity index (χ1) is 15.3. The van der Waals surface area contributed by atoms with E-state index in [2.05, 4.69) is 10.6 Å². The van der Waals surface area contributed by atoms with Crippen LogP contribution in [0.5, 0.6) is 0 Å². The fourth-order valence-corrected chi connectivity index (χ4v) is 4.28. The molecule has 1 aliphatic heterocycles. The number of rotatable bonds is 5. The first kappa shape index (κ1) is 21.8. The number of carbonyl (C=O) groups is 3. The molecule has 0 saturated carbocycles. The van der Waals surface area contributed by atoms with Crippen LogP contribution in [-0.4, -0.2) is 35.9 Å². The van der Waals surface area contributed by atoms with Gasteiger partial charge in [0.15, 0.2) is 0 Å². The van der Waals surface area contributed by atoms with Crippen LogP contribution >= 0.6 is 11.3 Å². The van der Waals surface area contributed by atoms with Crippen LogP contribution in [0, 0.1) is 0 Å². The Bertz CT molecular complexity index is 1120. The lowest BCUT2D eigenvalue weighted by atomic mass is 10.0. The second kappa shape index (κ2) is 8.97. The first-order valence-electron chi connectivity index (χ1n) is 10.2. The van der Waals surface area contributed by atoms with Crippen LogP contribution < -0.4 is 15.5 Å². The number of aliphatic hydroxyl groups is 1. The molecule has 3 heterocycles. The van der Waals surface area contributed by atoms with Gasteiger partial charge >= 0.3 is 11.8 Å². The Morgan fingerprint density at radius 1 is 1.19 bits per heavy atom. The number of nitrogens with one attached hydrogen (secondary N) is 2. The average Bonchev–Trinajstić information content (AvgIpc) is 3.51. The van der Waals surface area contributed by atoms with Crippen molar-refractivity contribution < 1.29 is 23.9 Å². The Kier molecular flexibility index (Phi) is 6.11. The molecule has 1 atom stereocenters. The molecule has 4 rings (SSSR count). The van der Waals surface area contributed by atoms with E-state index in [0.29, 0.717) is 17.1 Å². The molecule has 3 amide bonds. The van der Waals surface area contributed by atoms with E-state index in [1.54, 1.807) is 41.3 Å². The van der Waals surface area contributed by atoms with Crippen molar-refractivity contribution in [3.63, 3.8) is 0 Å². The lowest BCUT2D eigenvalue weighted by Gasteiger charge is -2.29. The van der Waals surface area contributed by atoms with Crippen LogP contribution in [0.4, 0.5) is 11.4 Å². The van der Waals surface area contributed by atoms with E-state index < -0.39 is 17.4 Å². The van der Waals surface area contributed by atoms with Gasteiger partial charge in [0, 0.05) is 17.9 Å². The molecule has 0 radical (unpaired) electrons. The summed E-state index contributed by atoms with van der Waals surface area (Å²) in [7, 11) is 0. The monoisotopic (exact) mass is 453 g/mol. The third-order valence-electron chi connectivity index (χ3n) is 5.28. The molecule has 0 aliphatic carbocycles. The molecule has 32 heavy (non-hydrogen) atoms. The minimum absolute atomic E-state index is 0.0410. The number of hydrogen-bond donors (Lipinski definition) is 3. The summed E-state index contributed by atoms with van der Waals surface area (Å²) in [6, 6.07) is 12.1. The summed E-state index contributed by atoms with van der Waals surface area (Å²) in [5.41, 5.74) is 0.767. The SMILES string of the molecule is C[C@@](O)(CNC(=O)C(=O)Nc1ccc2c(c1)CCCN2C(=O)c1cccs1)c1ccco1. The molecule has 0 spiro atoms. The van der Waals surface area contributed by atoms with Crippen molar-refractivity contribution >= 4 is 40.4 Å². The molecule has 1 aliphatic rings. The van der Waals surface area contributed by atoms with Gasteiger partial charge in [-0.1, -0.05) is 6.07 Å². The van der Waals surface area contributed by atoms with Gasteiger partial charge in [0.05, 0.1) is 17.7 Å². The molecule has 3 N–H and O–H groups in total. The minimum atomic E-state index is -1.44. The molecule has 0 bridgehead atoms. The van der Waals surface area contributed by atoms with Crippen LogP contribution in [0.3, 0.4) is 0 Å². The predicted molar refractivity (Wildman–Crippen MR) is 121 cm³/mol. The van der Waals surface area contributed by atoms with Crippen molar-refractivity contribution in [2.75, 3.05) is 23.3 Å². The van der Waals surface area contributed by atoms with E-state index >= 15 is 0 Å². The zero-order valence-corrected chi connectivity index (χ0v) is 18.3. The smallest absolute Gasteiger partial charge is 0.313 e. The fraction of sp³-hybridized carbons (Fsp3) is 0.261. The van der Waals surface area contributed by atoms with Crippen LogP contribution in [0.2, 0.25) is 0 Å².